The van der Waals surface area contributed by atoms with Crippen LogP contribution in [-0.2, 0) is 11.2 Å². The van der Waals surface area contributed by atoms with Crippen LogP contribution < -0.4 is 9.64 Å². The molecule has 20 heavy (non-hydrogen) atoms. The van der Waals surface area contributed by atoms with Crippen LogP contribution in [0.3, 0.4) is 0 Å². The van der Waals surface area contributed by atoms with Crippen LogP contribution in [0.4, 0.5) is 5.69 Å². The predicted octanol–water partition coefficient (Wildman–Crippen LogP) is 3.26. The van der Waals surface area contributed by atoms with Crippen molar-refractivity contribution in [1.82, 2.24) is 0 Å². The van der Waals surface area contributed by atoms with Crippen molar-refractivity contribution in [3.63, 3.8) is 0 Å². The molecule has 1 aliphatic heterocycles. The maximum atomic E-state index is 12.2. The normalized spacial score (nSPS) is 13.2. The number of nitrogens with zero attached hydrogens (tertiary/aromatic N) is 1. The summed E-state index contributed by atoms with van der Waals surface area (Å²) in [6.07, 6.45) is 0.922. The van der Waals surface area contributed by atoms with Crippen molar-refractivity contribution in [2.75, 3.05) is 18.1 Å². The second-order valence-corrected chi connectivity index (χ2v) is 5.91. The minimum atomic E-state index is 0.00787. The molecule has 0 aromatic heterocycles. The largest absolute Gasteiger partial charge is 0.484 e. The standard InChI is InChI=1S/C16H14INO2/c17-13-5-7-14(8-6-13)20-11-16(19)18-10-9-12-3-1-2-4-15(12)18/h1-8H,9-11H2. The second-order valence-electron chi connectivity index (χ2n) is 4.67. The van der Waals surface area contributed by atoms with Gasteiger partial charge in [-0.3, -0.25) is 4.79 Å². The molecule has 0 saturated heterocycles. The molecule has 3 rings (SSSR count). The van der Waals surface area contributed by atoms with Gasteiger partial charge in [-0.15, -0.1) is 0 Å². The number of halogens is 1. The van der Waals surface area contributed by atoms with Gasteiger partial charge in [0.25, 0.3) is 5.91 Å². The average molecular weight is 379 g/mol. The summed E-state index contributed by atoms with van der Waals surface area (Å²) >= 11 is 2.24. The summed E-state index contributed by atoms with van der Waals surface area (Å²) in [5, 5.41) is 0. The predicted molar refractivity (Wildman–Crippen MR) is 87.2 cm³/mol. The Morgan fingerprint density at radius 2 is 1.90 bits per heavy atom. The molecule has 1 heterocycles. The lowest BCUT2D eigenvalue weighted by molar-refractivity contribution is -0.120. The average Bonchev–Trinajstić information content (AvgIpc) is 2.90. The maximum Gasteiger partial charge on any atom is 0.264 e. The highest BCUT2D eigenvalue weighted by molar-refractivity contribution is 14.1. The molecule has 102 valence electrons. The summed E-state index contributed by atoms with van der Waals surface area (Å²) in [6, 6.07) is 15.7. The highest BCUT2D eigenvalue weighted by atomic mass is 127. The van der Waals surface area contributed by atoms with Gasteiger partial charge in [0.05, 0.1) is 0 Å². The van der Waals surface area contributed by atoms with Crippen LogP contribution in [0.25, 0.3) is 0 Å². The van der Waals surface area contributed by atoms with Crippen molar-refractivity contribution in [2.24, 2.45) is 0 Å². The molecule has 0 unspecified atom stereocenters. The first-order valence-electron chi connectivity index (χ1n) is 6.51. The quantitative estimate of drug-likeness (QED) is 0.767. The lowest BCUT2D eigenvalue weighted by atomic mass is 10.2. The van der Waals surface area contributed by atoms with Gasteiger partial charge in [-0.1, -0.05) is 18.2 Å². The first kappa shape index (κ1) is 13.4. The van der Waals surface area contributed by atoms with Crippen molar-refractivity contribution in [2.45, 2.75) is 6.42 Å². The van der Waals surface area contributed by atoms with Gasteiger partial charge in [0.1, 0.15) is 5.75 Å². The van der Waals surface area contributed by atoms with E-state index in [4.69, 9.17) is 4.74 Å². The topological polar surface area (TPSA) is 29.5 Å². The fraction of sp³-hybridized carbons (Fsp3) is 0.188. The number of carbonyl (C=O) groups excluding carboxylic acids is 1. The monoisotopic (exact) mass is 379 g/mol. The van der Waals surface area contributed by atoms with E-state index in [2.05, 4.69) is 28.7 Å². The molecule has 3 nitrogen and oxygen atoms in total. The molecule has 0 bridgehead atoms. The minimum Gasteiger partial charge on any atom is -0.484 e. The first-order chi connectivity index (χ1) is 9.74. The first-order valence-corrected chi connectivity index (χ1v) is 7.58. The number of rotatable bonds is 3. The zero-order valence-corrected chi connectivity index (χ0v) is 13.0. The molecule has 0 atom stereocenters. The number of carbonyl (C=O) groups is 1. The fourth-order valence-electron chi connectivity index (χ4n) is 2.35. The summed E-state index contributed by atoms with van der Waals surface area (Å²) in [7, 11) is 0. The summed E-state index contributed by atoms with van der Waals surface area (Å²) < 4.78 is 6.70. The van der Waals surface area contributed by atoms with Gasteiger partial charge >= 0.3 is 0 Å². The Bertz CT molecular complexity index is 625. The highest BCUT2D eigenvalue weighted by Crippen LogP contribution is 2.27. The van der Waals surface area contributed by atoms with Crippen LogP contribution >= 0.6 is 22.6 Å². The maximum absolute atomic E-state index is 12.2. The van der Waals surface area contributed by atoms with Gasteiger partial charge in [0.15, 0.2) is 6.61 Å². The van der Waals surface area contributed by atoms with Gasteiger partial charge < -0.3 is 9.64 Å². The van der Waals surface area contributed by atoms with Gasteiger partial charge in [-0.25, -0.2) is 0 Å². The Balaban J connectivity index is 1.65. The third-order valence-electron chi connectivity index (χ3n) is 3.36. The van der Waals surface area contributed by atoms with Crippen molar-refractivity contribution in [3.8, 4) is 5.75 Å². The molecular formula is C16H14INO2. The summed E-state index contributed by atoms with van der Waals surface area (Å²) in [4.78, 5) is 14.1. The van der Waals surface area contributed by atoms with Crippen molar-refractivity contribution < 1.29 is 9.53 Å². The van der Waals surface area contributed by atoms with Gasteiger partial charge in [0.2, 0.25) is 0 Å². The Morgan fingerprint density at radius 3 is 2.70 bits per heavy atom. The summed E-state index contributed by atoms with van der Waals surface area (Å²) in [5.74, 6) is 0.736. The molecule has 0 fully saturated rings. The van der Waals surface area contributed by atoms with E-state index < -0.39 is 0 Å². The lowest BCUT2D eigenvalue weighted by Gasteiger charge is -2.17. The van der Waals surface area contributed by atoms with Gasteiger partial charge in [-0.2, -0.15) is 0 Å². The lowest BCUT2D eigenvalue weighted by Crippen LogP contribution is -2.33. The molecule has 2 aromatic rings. The molecule has 2 aromatic carbocycles. The van der Waals surface area contributed by atoms with Gasteiger partial charge in [-0.05, 0) is 64.9 Å². The Morgan fingerprint density at radius 1 is 1.15 bits per heavy atom. The smallest absolute Gasteiger partial charge is 0.264 e. The third kappa shape index (κ3) is 2.80. The van der Waals surface area contributed by atoms with Crippen LogP contribution in [-0.4, -0.2) is 19.1 Å². The molecule has 0 spiro atoms. The summed E-state index contributed by atoms with van der Waals surface area (Å²) in [5.41, 5.74) is 2.25. The molecule has 1 amide bonds. The van der Waals surface area contributed by atoms with E-state index in [-0.39, 0.29) is 12.5 Å². The molecule has 0 saturated carbocycles. The minimum absolute atomic E-state index is 0.00787. The Hall–Kier alpha value is -1.56. The van der Waals surface area contributed by atoms with Crippen molar-refractivity contribution in [1.29, 1.82) is 0 Å². The molecule has 0 aliphatic carbocycles. The number of fused-ring (bicyclic) bond motifs is 1. The van der Waals surface area contributed by atoms with Gasteiger partial charge in [0, 0.05) is 15.8 Å². The van der Waals surface area contributed by atoms with E-state index in [1.54, 1.807) is 0 Å². The van der Waals surface area contributed by atoms with Crippen molar-refractivity contribution in [3.05, 3.63) is 57.7 Å². The molecule has 4 heteroatoms. The van der Waals surface area contributed by atoms with E-state index >= 15 is 0 Å². The molecular weight excluding hydrogens is 365 g/mol. The van der Waals surface area contributed by atoms with Crippen LogP contribution in [0.5, 0.6) is 5.75 Å². The fourth-order valence-corrected chi connectivity index (χ4v) is 2.71. The number of para-hydroxylation sites is 1. The second kappa shape index (κ2) is 5.83. The van der Waals surface area contributed by atoms with Crippen LogP contribution in [0.1, 0.15) is 5.56 Å². The zero-order valence-electron chi connectivity index (χ0n) is 10.9. The molecule has 0 radical (unpaired) electrons. The van der Waals surface area contributed by atoms with Crippen LogP contribution in [0.15, 0.2) is 48.5 Å². The number of hydrogen-bond acceptors (Lipinski definition) is 2. The van der Waals surface area contributed by atoms with E-state index in [9.17, 15) is 4.79 Å². The number of benzene rings is 2. The van der Waals surface area contributed by atoms with E-state index in [1.807, 2.05) is 47.4 Å². The summed E-state index contributed by atoms with van der Waals surface area (Å²) in [6.45, 7) is 0.823. The number of ether oxygens (including phenoxy) is 1. The van der Waals surface area contributed by atoms with E-state index in [1.165, 1.54) is 5.56 Å². The SMILES string of the molecule is O=C(COc1ccc(I)cc1)N1CCc2ccccc21. The van der Waals surface area contributed by atoms with Crippen LogP contribution in [0.2, 0.25) is 0 Å². The third-order valence-corrected chi connectivity index (χ3v) is 4.08. The number of hydrogen-bond donors (Lipinski definition) is 0. The molecule has 0 N–H and O–H groups in total. The van der Waals surface area contributed by atoms with E-state index in [0.717, 1.165) is 28.0 Å². The molecule has 1 aliphatic rings. The van der Waals surface area contributed by atoms with Crippen LogP contribution in [0, 0.1) is 3.57 Å². The highest BCUT2D eigenvalue weighted by Gasteiger charge is 2.24. The van der Waals surface area contributed by atoms with E-state index in [0.29, 0.717) is 0 Å². The Labute approximate surface area is 131 Å². The zero-order chi connectivity index (χ0) is 13.9. The van der Waals surface area contributed by atoms with Crippen molar-refractivity contribution >= 4 is 34.2 Å². The number of anilines is 1. The Kier molecular flexibility index (Phi) is 3.91. The number of amides is 1.